The summed E-state index contributed by atoms with van der Waals surface area (Å²) in [5.41, 5.74) is 6.56. The largest absolute Gasteiger partial charge is 0.372 e. The van der Waals surface area contributed by atoms with Gasteiger partial charge in [0.05, 0.1) is 17.1 Å². The molecule has 0 radical (unpaired) electrons. The molecular weight excluding hydrogens is 276 g/mol. The van der Waals surface area contributed by atoms with Crippen molar-refractivity contribution >= 4 is 10.0 Å². The monoisotopic (exact) mass is 296 g/mol. The average Bonchev–Trinajstić information content (AvgIpc) is 2.78. The van der Waals surface area contributed by atoms with E-state index in [4.69, 9.17) is 10.5 Å². The van der Waals surface area contributed by atoms with Gasteiger partial charge < -0.3 is 10.5 Å². The maximum Gasteiger partial charge on any atom is 0.243 e. The average molecular weight is 296 g/mol. The lowest BCUT2D eigenvalue weighted by atomic mass is 10.2. The molecule has 2 aliphatic heterocycles. The molecule has 2 N–H and O–H groups in total. The van der Waals surface area contributed by atoms with Crippen LogP contribution in [0.5, 0.6) is 0 Å². The van der Waals surface area contributed by atoms with E-state index in [1.165, 1.54) is 0 Å². The molecule has 2 bridgehead atoms. The van der Waals surface area contributed by atoms with Crippen molar-refractivity contribution in [1.29, 1.82) is 0 Å². The highest BCUT2D eigenvalue weighted by Crippen LogP contribution is 2.29. The number of benzene rings is 1. The number of fused-ring (bicyclic) bond motifs is 2. The summed E-state index contributed by atoms with van der Waals surface area (Å²) in [6, 6.07) is 7.04. The Bertz CT molecular complexity index is 559. The fraction of sp³-hybridized carbons (Fsp3) is 0.571. The van der Waals surface area contributed by atoms with E-state index in [1.807, 2.05) is 12.1 Å². The summed E-state index contributed by atoms with van der Waals surface area (Å²) in [4.78, 5) is 0.361. The van der Waals surface area contributed by atoms with Crippen LogP contribution in [0, 0.1) is 0 Å². The first-order valence-corrected chi connectivity index (χ1v) is 8.48. The van der Waals surface area contributed by atoms with Gasteiger partial charge in [-0.25, -0.2) is 8.42 Å². The first-order valence-electron chi connectivity index (χ1n) is 7.04. The fourth-order valence-corrected chi connectivity index (χ4v) is 4.42. The first-order chi connectivity index (χ1) is 9.59. The van der Waals surface area contributed by atoms with E-state index >= 15 is 0 Å². The molecule has 2 heterocycles. The van der Waals surface area contributed by atoms with Crippen LogP contribution in [0.2, 0.25) is 0 Å². The number of ether oxygens (including phenoxy) is 1. The Labute approximate surface area is 119 Å². The predicted octanol–water partition coefficient (Wildman–Crippen LogP) is 0.740. The molecule has 20 heavy (non-hydrogen) atoms. The minimum Gasteiger partial charge on any atom is -0.372 e. The zero-order valence-electron chi connectivity index (χ0n) is 11.4. The van der Waals surface area contributed by atoms with Gasteiger partial charge in [0.15, 0.2) is 0 Å². The van der Waals surface area contributed by atoms with E-state index in [9.17, 15) is 8.42 Å². The van der Waals surface area contributed by atoms with Crippen molar-refractivity contribution in [2.75, 3.05) is 19.6 Å². The summed E-state index contributed by atoms with van der Waals surface area (Å²) in [5.74, 6) is 0. The van der Waals surface area contributed by atoms with E-state index in [-0.39, 0.29) is 12.2 Å². The Balaban J connectivity index is 1.80. The lowest BCUT2D eigenvalue weighted by molar-refractivity contribution is -0.0114. The Morgan fingerprint density at radius 2 is 1.75 bits per heavy atom. The normalized spacial score (nSPS) is 26.9. The molecule has 1 aromatic carbocycles. The molecule has 0 aliphatic carbocycles. The second-order valence-corrected chi connectivity index (χ2v) is 7.40. The highest BCUT2D eigenvalue weighted by molar-refractivity contribution is 7.89. The molecule has 1 aromatic rings. The third-order valence-corrected chi connectivity index (χ3v) is 5.85. The van der Waals surface area contributed by atoms with Crippen LogP contribution in [0.4, 0.5) is 0 Å². The van der Waals surface area contributed by atoms with Crippen LogP contribution >= 0.6 is 0 Å². The summed E-state index contributed by atoms with van der Waals surface area (Å²) >= 11 is 0. The quantitative estimate of drug-likeness (QED) is 0.889. The van der Waals surface area contributed by atoms with Crippen LogP contribution in [0.25, 0.3) is 0 Å². The fourth-order valence-electron chi connectivity index (χ4n) is 2.92. The van der Waals surface area contributed by atoms with Gasteiger partial charge in [-0.15, -0.1) is 0 Å². The van der Waals surface area contributed by atoms with Gasteiger partial charge in [-0.3, -0.25) is 0 Å². The number of morpholine rings is 1. The van der Waals surface area contributed by atoms with Crippen LogP contribution in [0.3, 0.4) is 0 Å². The van der Waals surface area contributed by atoms with Crippen molar-refractivity contribution < 1.29 is 13.2 Å². The van der Waals surface area contributed by atoms with Gasteiger partial charge in [0.25, 0.3) is 0 Å². The van der Waals surface area contributed by atoms with Gasteiger partial charge in [-0.05, 0) is 43.5 Å². The Morgan fingerprint density at radius 1 is 1.15 bits per heavy atom. The summed E-state index contributed by atoms with van der Waals surface area (Å²) < 4.78 is 32.5. The summed E-state index contributed by atoms with van der Waals surface area (Å²) in [6.45, 7) is 1.52. The number of hydrogen-bond acceptors (Lipinski definition) is 4. The van der Waals surface area contributed by atoms with Gasteiger partial charge in [-0.2, -0.15) is 4.31 Å². The lowest BCUT2D eigenvalue weighted by Gasteiger charge is -2.31. The van der Waals surface area contributed by atoms with Gasteiger partial charge >= 0.3 is 0 Å². The molecule has 2 aliphatic rings. The second kappa shape index (κ2) is 5.44. The molecule has 0 amide bonds. The Morgan fingerprint density at radius 3 is 2.30 bits per heavy atom. The van der Waals surface area contributed by atoms with Crippen molar-refractivity contribution in [2.45, 2.75) is 36.4 Å². The van der Waals surface area contributed by atoms with Crippen LogP contribution in [-0.2, 0) is 21.2 Å². The molecule has 0 aromatic heterocycles. The minimum absolute atomic E-state index is 0.0695. The SMILES string of the molecule is NCCc1ccc(S(=O)(=O)N2CC3CCC(C2)O3)cc1. The molecular formula is C14H20N2O3S. The molecule has 5 nitrogen and oxygen atoms in total. The topological polar surface area (TPSA) is 72.6 Å². The third-order valence-electron chi connectivity index (χ3n) is 4.00. The maximum atomic E-state index is 12.6. The first kappa shape index (κ1) is 14.0. The van der Waals surface area contributed by atoms with Crippen molar-refractivity contribution in [3.05, 3.63) is 29.8 Å². The number of nitrogens with two attached hydrogens (primary N) is 1. The second-order valence-electron chi connectivity index (χ2n) is 5.46. The van der Waals surface area contributed by atoms with E-state index < -0.39 is 10.0 Å². The summed E-state index contributed by atoms with van der Waals surface area (Å²) in [5, 5.41) is 0. The van der Waals surface area contributed by atoms with Crippen molar-refractivity contribution in [2.24, 2.45) is 5.73 Å². The third kappa shape index (κ3) is 2.61. The Kier molecular flexibility index (Phi) is 3.81. The number of hydrogen-bond donors (Lipinski definition) is 1. The van der Waals surface area contributed by atoms with E-state index in [0.29, 0.717) is 24.5 Å². The van der Waals surface area contributed by atoms with E-state index in [2.05, 4.69) is 0 Å². The van der Waals surface area contributed by atoms with Gasteiger partial charge in [0.1, 0.15) is 0 Å². The number of sulfonamides is 1. The molecule has 3 rings (SSSR count). The molecule has 6 heteroatoms. The number of rotatable bonds is 4. The number of nitrogens with zero attached hydrogens (tertiary/aromatic N) is 1. The molecule has 2 saturated heterocycles. The van der Waals surface area contributed by atoms with E-state index in [1.54, 1.807) is 16.4 Å². The smallest absolute Gasteiger partial charge is 0.243 e. The van der Waals surface area contributed by atoms with Crippen LogP contribution in [0.15, 0.2) is 29.2 Å². The molecule has 2 atom stereocenters. The van der Waals surface area contributed by atoms with Crippen molar-refractivity contribution in [1.82, 2.24) is 4.31 Å². The lowest BCUT2D eigenvalue weighted by Crippen LogP contribution is -2.45. The zero-order valence-corrected chi connectivity index (χ0v) is 12.2. The van der Waals surface area contributed by atoms with Gasteiger partial charge in [-0.1, -0.05) is 12.1 Å². The zero-order chi connectivity index (χ0) is 14.2. The highest BCUT2D eigenvalue weighted by atomic mass is 32.2. The predicted molar refractivity (Wildman–Crippen MR) is 75.9 cm³/mol. The Hall–Kier alpha value is -0.950. The van der Waals surface area contributed by atoms with Crippen LogP contribution < -0.4 is 5.73 Å². The molecule has 0 spiro atoms. The summed E-state index contributed by atoms with van der Waals surface area (Å²) in [7, 11) is -3.40. The van der Waals surface area contributed by atoms with Crippen LogP contribution in [0.1, 0.15) is 18.4 Å². The summed E-state index contributed by atoms with van der Waals surface area (Å²) in [6.07, 6.45) is 2.83. The standard InChI is InChI=1S/C14H20N2O3S/c15-8-7-11-1-5-14(6-2-11)20(17,18)16-9-12-3-4-13(10-16)19-12/h1-2,5-6,12-13H,3-4,7-10,15H2. The highest BCUT2D eigenvalue weighted by Gasteiger charge is 2.39. The van der Waals surface area contributed by atoms with Crippen molar-refractivity contribution in [3.8, 4) is 0 Å². The van der Waals surface area contributed by atoms with Gasteiger partial charge in [0.2, 0.25) is 10.0 Å². The van der Waals surface area contributed by atoms with Gasteiger partial charge in [0, 0.05) is 13.1 Å². The van der Waals surface area contributed by atoms with Crippen molar-refractivity contribution in [3.63, 3.8) is 0 Å². The maximum absolute atomic E-state index is 12.6. The molecule has 110 valence electrons. The van der Waals surface area contributed by atoms with Crippen LogP contribution in [-0.4, -0.2) is 44.6 Å². The molecule has 2 unspecified atom stereocenters. The minimum atomic E-state index is -3.40. The van der Waals surface area contributed by atoms with E-state index in [0.717, 1.165) is 24.8 Å². The molecule has 2 fully saturated rings. The molecule has 0 saturated carbocycles.